The van der Waals surface area contributed by atoms with Gasteiger partial charge in [0.25, 0.3) is 5.56 Å². The second-order valence-electron chi connectivity index (χ2n) is 3.34. The number of aliphatic hydroxyl groups is 1. The summed E-state index contributed by atoms with van der Waals surface area (Å²) in [5.41, 5.74) is 1.67. The van der Waals surface area contributed by atoms with Crippen LogP contribution in [0.15, 0.2) is 4.79 Å². The molecule has 0 unspecified atom stereocenters. The highest BCUT2D eigenvalue weighted by Crippen LogP contribution is 2.16. The zero-order chi connectivity index (χ0) is 9.97. The maximum absolute atomic E-state index is 11.5. The third kappa shape index (κ3) is 1.63. The van der Waals surface area contributed by atoms with Crippen LogP contribution >= 0.6 is 0 Å². The van der Waals surface area contributed by atoms with Gasteiger partial charge in [0.15, 0.2) is 0 Å². The second-order valence-corrected chi connectivity index (χ2v) is 3.34. The van der Waals surface area contributed by atoms with Crippen molar-refractivity contribution in [3.63, 3.8) is 0 Å². The van der Waals surface area contributed by atoms with E-state index in [-0.39, 0.29) is 12.2 Å². The molecule has 1 heterocycles. The van der Waals surface area contributed by atoms with Crippen molar-refractivity contribution < 1.29 is 5.11 Å². The van der Waals surface area contributed by atoms with E-state index in [9.17, 15) is 4.79 Å². The molecule has 0 fully saturated rings. The van der Waals surface area contributed by atoms with Crippen LogP contribution in [0.5, 0.6) is 0 Å². The van der Waals surface area contributed by atoms with Crippen molar-refractivity contribution in [2.45, 2.75) is 19.3 Å². The van der Waals surface area contributed by atoms with Crippen molar-refractivity contribution in [2.75, 3.05) is 18.5 Å². The number of fused-ring (bicyclic) bond motifs is 1. The number of H-pyrrole nitrogens is 1. The Morgan fingerprint density at radius 3 is 3.14 bits per heavy atom. The molecule has 1 aliphatic carbocycles. The van der Waals surface area contributed by atoms with E-state index in [2.05, 4.69) is 15.3 Å². The summed E-state index contributed by atoms with van der Waals surface area (Å²) in [6.45, 7) is 0.433. The number of anilines is 1. The van der Waals surface area contributed by atoms with Crippen molar-refractivity contribution in [1.29, 1.82) is 0 Å². The lowest BCUT2D eigenvalue weighted by Gasteiger charge is -2.04. The van der Waals surface area contributed by atoms with Crippen LogP contribution in [0.4, 0.5) is 5.95 Å². The molecule has 0 spiro atoms. The summed E-state index contributed by atoms with van der Waals surface area (Å²) in [5.74, 6) is 0.463. The predicted octanol–water partition coefficient (Wildman–Crippen LogP) is -0.337. The zero-order valence-electron chi connectivity index (χ0n) is 7.84. The first-order valence-electron chi connectivity index (χ1n) is 4.78. The summed E-state index contributed by atoms with van der Waals surface area (Å²) in [7, 11) is 0. The number of aromatic nitrogens is 2. The fraction of sp³-hybridized carbons (Fsp3) is 0.556. The van der Waals surface area contributed by atoms with E-state index in [4.69, 9.17) is 5.11 Å². The van der Waals surface area contributed by atoms with Gasteiger partial charge in [0.2, 0.25) is 5.95 Å². The van der Waals surface area contributed by atoms with E-state index in [0.717, 1.165) is 30.5 Å². The van der Waals surface area contributed by atoms with Gasteiger partial charge >= 0.3 is 0 Å². The minimum atomic E-state index is -0.0482. The fourth-order valence-electron chi connectivity index (χ4n) is 1.70. The smallest absolute Gasteiger partial charge is 0.255 e. The molecule has 0 bridgehead atoms. The Hall–Kier alpha value is -1.36. The first kappa shape index (κ1) is 9.21. The third-order valence-electron chi connectivity index (χ3n) is 2.35. The van der Waals surface area contributed by atoms with Gasteiger partial charge in [-0.05, 0) is 19.3 Å². The molecule has 1 aromatic rings. The van der Waals surface area contributed by atoms with Gasteiger partial charge in [-0.25, -0.2) is 4.98 Å². The maximum atomic E-state index is 11.5. The van der Waals surface area contributed by atoms with Crippen molar-refractivity contribution in [3.05, 3.63) is 21.6 Å². The molecule has 0 saturated heterocycles. The Balaban J connectivity index is 2.28. The van der Waals surface area contributed by atoms with Gasteiger partial charge in [-0.1, -0.05) is 0 Å². The summed E-state index contributed by atoms with van der Waals surface area (Å²) in [6.07, 6.45) is 2.72. The van der Waals surface area contributed by atoms with Gasteiger partial charge < -0.3 is 10.4 Å². The van der Waals surface area contributed by atoms with Crippen LogP contribution in [0.3, 0.4) is 0 Å². The predicted molar refractivity (Wildman–Crippen MR) is 52.5 cm³/mol. The highest BCUT2D eigenvalue weighted by atomic mass is 16.3. The normalized spacial score (nSPS) is 14.1. The molecule has 1 aromatic heterocycles. The average Bonchev–Trinajstić information content (AvgIpc) is 2.63. The lowest BCUT2D eigenvalue weighted by molar-refractivity contribution is 0.310. The minimum Gasteiger partial charge on any atom is -0.395 e. The molecule has 0 saturated carbocycles. The Morgan fingerprint density at radius 2 is 2.36 bits per heavy atom. The number of hydrogen-bond acceptors (Lipinski definition) is 4. The number of aliphatic hydroxyl groups excluding tert-OH is 1. The number of aromatic amines is 1. The van der Waals surface area contributed by atoms with Gasteiger partial charge in [-0.15, -0.1) is 0 Å². The van der Waals surface area contributed by atoms with Crippen LogP contribution in [-0.2, 0) is 12.8 Å². The topological polar surface area (TPSA) is 78.0 Å². The molecule has 2 rings (SSSR count). The maximum Gasteiger partial charge on any atom is 0.255 e. The van der Waals surface area contributed by atoms with Crippen LogP contribution in [-0.4, -0.2) is 28.2 Å². The summed E-state index contributed by atoms with van der Waals surface area (Å²) in [6, 6.07) is 0. The zero-order valence-corrected chi connectivity index (χ0v) is 7.84. The van der Waals surface area contributed by atoms with Gasteiger partial charge in [0.05, 0.1) is 12.3 Å². The van der Waals surface area contributed by atoms with Gasteiger partial charge in [0, 0.05) is 12.1 Å². The Labute approximate surface area is 81.2 Å². The molecule has 76 valence electrons. The number of nitrogens with one attached hydrogen (secondary N) is 2. The number of rotatable bonds is 3. The molecule has 3 N–H and O–H groups in total. The van der Waals surface area contributed by atoms with E-state index in [1.807, 2.05) is 0 Å². The second kappa shape index (κ2) is 3.79. The molecule has 0 amide bonds. The van der Waals surface area contributed by atoms with E-state index in [0.29, 0.717) is 12.5 Å². The fourth-order valence-corrected chi connectivity index (χ4v) is 1.70. The molecule has 1 aliphatic rings. The minimum absolute atomic E-state index is 0.0286. The van der Waals surface area contributed by atoms with Crippen molar-refractivity contribution in [2.24, 2.45) is 0 Å². The molecule has 0 aromatic carbocycles. The molecule has 0 radical (unpaired) electrons. The summed E-state index contributed by atoms with van der Waals surface area (Å²) >= 11 is 0. The van der Waals surface area contributed by atoms with E-state index in [1.165, 1.54) is 0 Å². The molecule has 5 nitrogen and oxygen atoms in total. The van der Waals surface area contributed by atoms with Crippen LogP contribution in [0.1, 0.15) is 17.7 Å². The highest BCUT2D eigenvalue weighted by molar-refractivity contribution is 5.31. The van der Waals surface area contributed by atoms with Gasteiger partial charge in [-0.3, -0.25) is 9.78 Å². The van der Waals surface area contributed by atoms with Gasteiger partial charge in [0.1, 0.15) is 0 Å². The first-order chi connectivity index (χ1) is 6.81. The lowest BCUT2D eigenvalue weighted by atomic mass is 10.3. The standard InChI is InChI=1S/C9H13N3O2/c13-5-4-10-9-11-7-3-1-2-6(7)8(14)12-9/h13H,1-5H2,(H2,10,11,12,14). The molecule has 14 heavy (non-hydrogen) atoms. The largest absolute Gasteiger partial charge is 0.395 e. The van der Waals surface area contributed by atoms with Crippen molar-refractivity contribution >= 4 is 5.95 Å². The highest BCUT2D eigenvalue weighted by Gasteiger charge is 2.16. The van der Waals surface area contributed by atoms with Crippen LogP contribution in [0.2, 0.25) is 0 Å². The van der Waals surface area contributed by atoms with Crippen molar-refractivity contribution in [1.82, 2.24) is 9.97 Å². The molecule has 5 heteroatoms. The molecular formula is C9H13N3O2. The third-order valence-corrected chi connectivity index (χ3v) is 2.35. The summed E-state index contributed by atoms with van der Waals surface area (Å²) < 4.78 is 0. The number of hydrogen-bond donors (Lipinski definition) is 3. The molecule has 0 atom stereocenters. The SMILES string of the molecule is O=c1[nH]c(NCCO)nc2c1CCC2. The monoisotopic (exact) mass is 195 g/mol. The van der Waals surface area contributed by atoms with Crippen LogP contribution in [0, 0.1) is 0 Å². The number of aryl methyl sites for hydroxylation is 1. The molecule has 0 aliphatic heterocycles. The Morgan fingerprint density at radius 1 is 1.50 bits per heavy atom. The van der Waals surface area contributed by atoms with Crippen LogP contribution < -0.4 is 10.9 Å². The summed E-state index contributed by atoms with van der Waals surface area (Å²) in [4.78, 5) is 18.4. The molecular weight excluding hydrogens is 182 g/mol. The average molecular weight is 195 g/mol. The first-order valence-corrected chi connectivity index (χ1v) is 4.78. The van der Waals surface area contributed by atoms with E-state index >= 15 is 0 Å². The van der Waals surface area contributed by atoms with Crippen LogP contribution in [0.25, 0.3) is 0 Å². The Bertz CT molecular complexity index is 386. The quantitative estimate of drug-likeness (QED) is 0.616. The van der Waals surface area contributed by atoms with E-state index in [1.54, 1.807) is 0 Å². The number of nitrogens with zero attached hydrogens (tertiary/aromatic N) is 1. The van der Waals surface area contributed by atoms with E-state index < -0.39 is 0 Å². The van der Waals surface area contributed by atoms with Gasteiger partial charge in [-0.2, -0.15) is 0 Å². The lowest BCUT2D eigenvalue weighted by Crippen LogP contribution is -2.18. The van der Waals surface area contributed by atoms with Crippen molar-refractivity contribution in [3.8, 4) is 0 Å². The summed E-state index contributed by atoms with van der Waals surface area (Å²) in [5, 5.41) is 11.5. The Kier molecular flexibility index (Phi) is 2.49.